The zero-order valence-corrected chi connectivity index (χ0v) is 16.4. The average Bonchev–Trinajstić information content (AvgIpc) is 3.27. The van der Waals surface area contributed by atoms with Crippen molar-refractivity contribution in [2.24, 2.45) is 0 Å². The molecule has 2 aromatic heterocycles. The maximum atomic E-state index is 12.6. The number of aromatic nitrogens is 3. The molecule has 1 aliphatic rings. The zero-order valence-electron chi connectivity index (χ0n) is 15.6. The molecular weight excluding hydrogens is 386 g/mol. The van der Waals surface area contributed by atoms with Gasteiger partial charge in [-0.3, -0.25) is 4.79 Å². The van der Waals surface area contributed by atoms with Crippen molar-refractivity contribution >= 4 is 17.2 Å². The van der Waals surface area contributed by atoms with Gasteiger partial charge in [0, 0.05) is 29.4 Å². The molecule has 1 amide bonds. The molecule has 1 saturated carbocycles. The van der Waals surface area contributed by atoms with Crippen LogP contribution < -0.4 is 10.1 Å². The molecule has 2 heterocycles. The van der Waals surface area contributed by atoms with Crippen molar-refractivity contribution in [1.29, 1.82) is 5.26 Å². The van der Waals surface area contributed by atoms with E-state index in [0.717, 1.165) is 36.3 Å². The van der Waals surface area contributed by atoms with Gasteiger partial charge in [0.1, 0.15) is 22.9 Å². The Morgan fingerprint density at radius 1 is 1.14 bits per heavy atom. The van der Waals surface area contributed by atoms with Gasteiger partial charge < -0.3 is 10.1 Å². The fourth-order valence-corrected chi connectivity index (χ4v) is 4.13. The Balaban J connectivity index is 1.30. The second kappa shape index (κ2) is 8.80. The highest BCUT2D eigenvalue weighted by atomic mass is 32.1. The second-order valence-corrected chi connectivity index (χ2v) is 7.65. The smallest absolute Gasteiger partial charge is 0.270 e. The quantitative estimate of drug-likeness (QED) is 0.696. The number of carbonyl (C=O) groups excluding carboxylic acids is 1. The lowest BCUT2D eigenvalue weighted by atomic mass is 9.93. The Hall–Kier alpha value is -3.31. The minimum atomic E-state index is -0.145. The van der Waals surface area contributed by atoms with E-state index < -0.39 is 0 Å². The highest BCUT2D eigenvalue weighted by Gasteiger charge is 2.25. The van der Waals surface area contributed by atoms with Crippen molar-refractivity contribution in [3.63, 3.8) is 0 Å². The Kier molecular flexibility index (Phi) is 5.77. The minimum absolute atomic E-state index is 0.0316. The highest BCUT2D eigenvalue weighted by molar-refractivity contribution is 7.13. The Morgan fingerprint density at radius 3 is 2.66 bits per heavy atom. The van der Waals surface area contributed by atoms with Crippen LogP contribution in [0, 0.1) is 11.3 Å². The van der Waals surface area contributed by atoms with Crippen molar-refractivity contribution in [3.8, 4) is 22.5 Å². The SMILES string of the molecule is N#Cc1nccnc1OC1CCC(NC(=O)c2csc(-c3ccccc3)n2)CC1. The zero-order chi connectivity index (χ0) is 20.1. The third-order valence-electron chi connectivity index (χ3n) is 4.82. The lowest BCUT2D eigenvalue weighted by Gasteiger charge is -2.29. The number of nitriles is 1. The number of hydrogen-bond donors (Lipinski definition) is 1. The van der Waals surface area contributed by atoms with Crippen LogP contribution in [0.2, 0.25) is 0 Å². The van der Waals surface area contributed by atoms with Gasteiger partial charge in [0.05, 0.1) is 0 Å². The molecule has 1 aromatic carbocycles. The molecule has 0 aliphatic heterocycles. The lowest BCUT2D eigenvalue weighted by molar-refractivity contribution is 0.0885. The van der Waals surface area contributed by atoms with E-state index in [1.807, 2.05) is 36.4 Å². The summed E-state index contributed by atoms with van der Waals surface area (Å²) in [5.41, 5.74) is 1.65. The Labute approximate surface area is 172 Å². The Bertz CT molecular complexity index is 1020. The van der Waals surface area contributed by atoms with Crippen LogP contribution in [-0.4, -0.2) is 33.0 Å². The van der Waals surface area contributed by atoms with Crippen LogP contribution in [-0.2, 0) is 0 Å². The summed E-state index contributed by atoms with van der Waals surface area (Å²) in [5, 5.41) is 14.8. The number of ether oxygens (including phenoxy) is 1. The number of rotatable bonds is 5. The van der Waals surface area contributed by atoms with Gasteiger partial charge in [-0.25, -0.2) is 15.0 Å². The third-order valence-corrected chi connectivity index (χ3v) is 5.71. The monoisotopic (exact) mass is 405 g/mol. The van der Waals surface area contributed by atoms with Crippen molar-refractivity contribution in [2.45, 2.75) is 37.8 Å². The van der Waals surface area contributed by atoms with E-state index in [0.29, 0.717) is 5.69 Å². The number of benzene rings is 1. The maximum absolute atomic E-state index is 12.6. The molecule has 0 atom stereocenters. The molecule has 1 aliphatic carbocycles. The van der Waals surface area contributed by atoms with Crippen LogP contribution in [0.4, 0.5) is 0 Å². The first-order valence-electron chi connectivity index (χ1n) is 9.42. The van der Waals surface area contributed by atoms with E-state index in [1.165, 1.54) is 23.7 Å². The topological polar surface area (TPSA) is 101 Å². The minimum Gasteiger partial charge on any atom is -0.472 e. The summed E-state index contributed by atoms with van der Waals surface area (Å²) in [4.78, 5) is 25.1. The number of nitrogens with one attached hydrogen (secondary N) is 1. The Morgan fingerprint density at radius 2 is 1.90 bits per heavy atom. The van der Waals surface area contributed by atoms with Crippen molar-refractivity contribution in [2.75, 3.05) is 0 Å². The molecule has 7 nitrogen and oxygen atoms in total. The second-order valence-electron chi connectivity index (χ2n) is 6.79. The number of nitrogens with zero attached hydrogens (tertiary/aromatic N) is 4. The van der Waals surface area contributed by atoms with Crippen molar-refractivity contribution < 1.29 is 9.53 Å². The molecular formula is C21H19N5O2S. The lowest BCUT2D eigenvalue weighted by Crippen LogP contribution is -2.39. The molecule has 0 spiro atoms. The standard InChI is InChI=1S/C21H19N5O2S/c22-12-17-20(24-11-10-23-17)28-16-8-6-15(7-9-16)25-19(27)18-13-29-21(26-18)14-4-2-1-3-5-14/h1-5,10-11,13,15-16H,6-9H2,(H,25,27). The van der Waals surface area contributed by atoms with E-state index in [1.54, 1.807) is 5.38 Å². The molecule has 4 rings (SSSR count). The predicted octanol–water partition coefficient (Wildman–Crippen LogP) is 3.59. The molecule has 0 saturated heterocycles. The van der Waals surface area contributed by atoms with Gasteiger partial charge >= 0.3 is 0 Å². The van der Waals surface area contributed by atoms with E-state index >= 15 is 0 Å². The molecule has 3 aromatic rings. The molecule has 146 valence electrons. The first-order valence-corrected chi connectivity index (χ1v) is 10.3. The fourth-order valence-electron chi connectivity index (χ4n) is 3.32. The highest BCUT2D eigenvalue weighted by Crippen LogP contribution is 2.26. The number of carbonyl (C=O) groups is 1. The predicted molar refractivity (Wildman–Crippen MR) is 108 cm³/mol. The van der Waals surface area contributed by atoms with E-state index in [4.69, 9.17) is 10.00 Å². The number of amides is 1. The van der Waals surface area contributed by atoms with Crippen LogP contribution in [0.3, 0.4) is 0 Å². The van der Waals surface area contributed by atoms with E-state index in [9.17, 15) is 4.79 Å². The number of thiazole rings is 1. The normalized spacial score (nSPS) is 18.6. The van der Waals surface area contributed by atoms with Gasteiger partial charge in [0.2, 0.25) is 5.69 Å². The molecule has 1 fully saturated rings. The third kappa shape index (κ3) is 4.58. The summed E-state index contributed by atoms with van der Waals surface area (Å²) in [6.07, 6.45) is 6.11. The van der Waals surface area contributed by atoms with Gasteiger partial charge in [0.25, 0.3) is 11.8 Å². The summed E-state index contributed by atoms with van der Waals surface area (Å²) >= 11 is 1.47. The summed E-state index contributed by atoms with van der Waals surface area (Å²) in [5.74, 6) is 0.131. The summed E-state index contributed by atoms with van der Waals surface area (Å²) in [7, 11) is 0. The van der Waals surface area contributed by atoms with Gasteiger partial charge in [-0.05, 0) is 25.7 Å². The molecule has 0 bridgehead atoms. The van der Waals surface area contributed by atoms with Crippen LogP contribution in [0.15, 0.2) is 48.1 Å². The van der Waals surface area contributed by atoms with Gasteiger partial charge in [-0.1, -0.05) is 30.3 Å². The largest absolute Gasteiger partial charge is 0.472 e. The molecule has 29 heavy (non-hydrogen) atoms. The van der Waals surface area contributed by atoms with Gasteiger partial charge in [0.15, 0.2) is 0 Å². The summed E-state index contributed by atoms with van der Waals surface area (Å²) in [6, 6.07) is 11.9. The van der Waals surface area contributed by atoms with Gasteiger partial charge in [-0.15, -0.1) is 11.3 Å². The summed E-state index contributed by atoms with van der Waals surface area (Å²) in [6.45, 7) is 0. The fraction of sp³-hybridized carbons (Fsp3) is 0.286. The molecule has 0 unspecified atom stereocenters. The van der Waals surface area contributed by atoms with Crippen LogP contribution in [0.25, 0.3) is 10.6 Å². The first-order chi connectivity index (χ1) is 14.2. The number of hydrogen-bond acceptors (Lipinski definition) is 7. The molecule has 8 heteroatoms. The molecule has 1 N–H and O–H groups in total. The summed E-state index contributed by atoms with van der Waals surface area (Å²) < 4.78 is 5.85. The van der Waals surface area contributed by atoms with E-state index in [2.05, 4.69) is 20.3 Å². The first kappa shape index (κ1) is 19.0. The maximum Gasteiger partial charge on any atom is 0.270 e. The van der Waals surface area contributed by atoms with E-state index in [-0.39, 0.29) is 29.6 Å². The van der Waals surface area contributed by atoms with Gasteiger partial charge in [-0.2, -0.15) is 5.26 Å². The van der Waals surface area contributed by atoms with Crippen LogP contribution in [0.5, 0.6) is 5.88 Å². The molecule has 0 radical (unpaired) electrons. The van der Waals surface area contributed by atoms with Crippen molar-refractivity contribution in [3.05, 3.63) is 59.5 Å². The van der Waals surface area contributed by atoms with Crippen LogP contribution in [0.1, 0.15) is 41.9 Å². The van der Waals surface area contributed by atoms with Crippen LogP contribution >= 0.6 is 11.3 Å². The average molecular weight is 405 g/mol. The van der Waals surface area contributed by atoms with Crippen molar-refractivity contribution in [1.82, 2.24) is 20.3 Å².